The predicted octanol–water partition coefficient (Wildman–Crippen LogP) is 2.34. The van der Waals surface area contributed by atoms with Crippen molar-refractivity contribution in [1.29, 1.82) is 0 Å². The molecule has 0 radical (unpaired) electrons. The number of methoxy groups -OCH3 is 1. The Balaban J connectivity index is 1.60. The largest absolute Gasteiger partial charge is 0.464 e. The van der Waals surface area contributed by atoms with Crippen LogP contribution in [0.5, 0.6) is 5.88 Å². The SMILES string of the molecule is COCC[C@@H](Oc1ncnc2c1cnn2-c1ccccn1)C(=O)Nc1ccc(C)cn1. The summed E-state index contributed by atoms with van der Waals surface area (Å²) in [6.45, 7) is 2.26. The van der Waals surface area contributed by atoms with Crippen molar-refractivity contribution >= 4 is 22.8 Å². The maximum atomic E-state index is 12.9. The number of ether oxygens (including phenoxy) is 2. The lowest BCUT2D eigenvalue weighted by atomic mass is 10.2. The molecule has 0 aliphatic carbocycles. The van der Waals surface area contributed by atoms with E-state index in [4.69, 9.17) is 9.47 Å². The van der Waals surface area contributed by atoms with Crippen molar-refractivity contribution < 1.29 is 14.3 Å². The molecule has 0 unspecified atom stereocenters. The summed E-state index contributed by atoms with van der Waals surface area (Å²) in [7, 11) is 1.57. The zero-order chi connectivity index (χ0) is 21.6. The quantitative estimate of drug-likeness (QED) is 0.462. The minimum Gasteiger partial charge on any atom is -0.464 e. The molecule has 4 rings (SSSR count). The van der Waals surface area contributed by atoms with Crippen molar-refractivity contribution in [3.8, 4) is 11.7 Å². The van der Waals surface area contributed by atoms with Gasteiger partial charge >= 0.3 is 0 Å². The molecule has 1 amide bonds. The first-order chi connectivity index (χ1) is 15.2. The number of nitrogens with zero attached hydrogens (tertiary/aromatic N) is 6. The number of anilines is 1. The predicted molar refractivity (Wildman–Crippen MR) is 113 cm³/mol. The number of aromatic nitrogens is 6. The third-order valence-electron chi connectivity index (χ3n) is 4.49. The minimum atomic E-state index is -0.848. The fraction of sp³-hybridized carbons (Fsp3) is 0.238. The summed E-state index contributed by atoms with van der Waals surface area (Å²) >= 11 is 0. The zero-order valence-electron chi connectivity index (χ0n) is 17.1. The molecule has 4 heterocycles. The molecule has 0 fully saturated rings. The fourth-order valence-corrected chi connectivity index (χ4v) is 2.91. The second kappa shape index (κ2) is 9.26. The van der Waals surface area contributed by atoms with Crippen molar-refractivity contribution in [1.82, 2.24) is 29.7 Å². The Kier molecular flexibility index (Phi) is 6.08. The van der Waals surface area contributed by atoms with E-state index in [1.54, 1.807) is 36.4 Å². The van der Waals surface area contributed by atoms with E-state index in [1.807, 2.05) is 31.2 Å². The van der Waals surface area contributed by atoms with E-state index in [0.717, 1.165) is 5.56 Å². The molecule has 10 nitrogen and oxygen atoms in total. The highest BCUT2D eigenvalue weighted by atomic mass is 16.5. The van der Waals surface area contributed by atoms with E-state index >= 15 is 0 Å². The van der Waals surface area contributed by atoms with Gasteiger partial charge < -0.3 is 14.8 Å². The Bertz CT molecular complexity index is 1160. The van der Waals surface area contributed by atoms with E-state index < -0.39 is 6.10 Å². The topological polar surface area (TPSA) is 117 Å². The molecule has 4 aromatic heterocycles. The van der Waals surface area contributed by atoms with E-state index in [1.165, 1.54) is 6.33 Å². The van der Waals surface area contributed by atoms with Crippen LogP contribution in [-0.4, -0.2) is 55.4 Å². The zero-order valence-corrected chi connectivity index (χ0v) is 17.1. The molecule has 0 aliphatic heterocycles. The van der Waals surface area contributed by atoms with E-state index in [9.17, 15) is 4.79 Å². The normalized spacial score (nSPS) is 11.9. The molecule has 0 spiro atoms. The molecule has 0 saturated carbocycles. The summed E-state index contributed by atoms with van der Waals surface area (Å²) in [6.07, 6.45) is 5.79. The molecule has 158 valence electrons. The van der Waals surface area contributed by atoms with E-state index in [-0.39, 0.29) is 11.8 Å². The molecule has 0 aromatic carbocycles. The second-order valence-electron chi connectivity index (χ2n) is 6.76. The standard InChI is InChI=1S/C21H21N7O3/c1-14-6-7-17(23-11-14)27-20(29)16(8-10-30-2)31-21-15-12-26-28(19(15)24-13-25-21)18-5-3-4-9-22-18/h3-7,9,11-13,16H,8,10H2,1-2H3,(H,23,27,29)/t16-/m1/s1. The Morgan fingerprint density at radius 2 is 2.03 bits per heavy atom. The Morgan fingerprint density at radius 1 is 1.13 bits per heavy atom. The number of aryl methyl sites for hydroxylation is 1. The van der Waals surface area contributed by atoms with Crippen LogP contribution < -0.4 is 10.1 Å². The van der Waals surface area contributed by atoms with Gasteiger partial charge in [0.15, 0.2) is 17.6 Å². The van der Waals surface area contributed by atoms with Crippen LogP contribution in [0.2, 0.25) is 0 Å². The maximum Gasteiger partial charge on any atom is 0.266 e. The molecular weight excluding hydrogens is 398 g/mol. The van der Waals surface area contributed by atoms with Gasteiger partial charge in [-0.05, 0) is 30.7 Å². The monoisotopic (exact) mass is 419 g/mol. The van der Waals surface area contributed by atoms with Crippen LogP contribution in [0.15, 0.2) is 55.2 Å². The van der Waals surface area contributed by atoms with Gasteiger partial charge in [0.05, 0.1) is 12.8 Å². The van der Waals surface area contributed by atoms with Gasteiger partial charge in [-0.25, -0.2) is 19.9 Å². The van der Waals surface area contributed by atoms with Crippen LogP contribution in [0, 0.1) is 6.92 Å². The third-order valence-corrected chi connectivity index (χ3v) is 4.49. The number of rotatable bonds is 8. The Hall–Kier alpha value is -3.92. The number of fused-ring (bicyclic) bond motifs is 1. The summed E-state index contributed by atoms with van der Waals surface area (Å²) in [5.41, 5.74) is 1.52. The van der Waals surface area contributed by atoms with Gasteiger partial charge in [-0.15, -0.1) is 0 Å². The lowest BCUT2D eigenvalue weighted by Crippen LogP contribution is -2.34. The molecule has 31 heavy (non-hydrogen) atoms. The summed E-state index contributed by atoms with van der Waals surface area (Å²) < 4.78 is 12.7. The molecule has 4 aromatic rings. The van der Waals surface area contributed by atoms with Crippen molar-refractivity contribution in [3.05, 3.63) is 60.8 Å². The number of nitrogens with one attached hydrogen (secondary N) is 1. The van der Waals surface area contributed by atoms with Crippen molar-refractivity contribution in [2.24, 2.45) is 0 Å². The van der Waals surface area contributed by atoms with Gasteiger partial charge in [-0.1, -0.05) is 12.1 Å². The lowest BCUT2D eigenvalue weighted by molar-refractivity contribution is -0.123. The fourth-order valence-electron chi connectivity index (χ4n) is 2.91. The van der Waals surface area contributed by atoms with Gasteiger partial charge in [-0.2, -0.15) is 9.78 Å². The van der Waals surface area contributed by atoms with Crippen LogP contribution in [0.25, 0.3) is 16.9 Å². The number of pyridine rings is 2. The number of carbonyl (C=O) groups excluding carboxylic acids is 1. The Morgan fingerprint density at radius 3 is 2.77 bits per heavy atom. The van der Waals surface area contributed by atoms with Crippen molar-refractivity contribution in [3.63, 3.8) is 0 Å². The maximum absolute atomic E-state index is 12.9. The summed E-state index contributed by atoms with van der Waals surface area (Å²) in [6, 6.07) is 9.10. The summed E-state index contributed by atoms with van der Waals surface area (Å²) in [4.78, 5) is 29.9. The number of hydrogen-bond acceptors (Lipinski definition) is 8. The summed E-state index contributed by atoms with van der Waals surface area (Å²) in [5.74, 6) is 0.955. The van der Waals surface area contributed by atoms with Crippen LogP contribution in [0.4, 0.5) is 5.82 Å². The van der Waals surface area contributed by atoms with Crippen LogP contribution in [0.3, 0.4) is 0 Å². The highest BCUT2D eigenvalue weighted by Gasteiger charge is 2.23. The second-order valence-corrected chi connectivity index (χ2v) is 6.76. The van der Waals surface area contributed by atoms with Crippen LogP contribution >= 0.6 is 0 Å². The van der Waals surface area contributed by atoms with E-state index in [0.29, 0.717) is 35.7 Å². The van der Waals surface area contributed by atoms with Crippen molar-refractivity contribution in [2.75, 3.05) is 19.0 Å². The smallest absolute Gasteiger partial charge is 0.266 e. The van der Waals surface area contributed by atoms with Gasteiger partial charge in [0.1, 0.15) is 17.5 Å². The average Bonchev–Trinajstić information content (AvgIpc) is 3.24. The van der Waals surface area contributed by atoms with Gasteiger partial charge in [0.2, 0.25) is 5.88 Å². The summed E-state index contributed by atoms with van der Waals surface area (Å²) in [5, 5.41) is 7.69. The molecule has 1 atom stereocenters. The third kappa shape index (κ3) is 4.64. The average molecular weight is 419 g/mol. The lowest BCUT2D eigenvalue weighted by Gasteiger charge is -2.18. The first-order valence-electron chi connectivity index (χ1n) is 9.65. The Labute approximate surface area is 178 Å². The first kappa shape index (κ1) is 20.4. The van der Waals surface area contributed by atoms with Crippen LogP contribution in [0.1, 0.15) is 12.0 Å². The molecule has 0 bridgehead atoms. The van der Waals surface area contributed by atoms with Crippen molar-refractivity contribution in [2.45, 2.75) is 19.4 Å². The number of hydrogen-bond donors (Lipinski definition) is 1. The molecule has 1 N–H and O–H groups in total. The molecule has 0 aliphatic rings. The van der Waals surface area contributed by atoms with E-state index in [2.05, 4.69) is 30.4 Å². The van der Waals surface area contributed by atoms with Gasteiger partial charge in [0, 0.05) is 25.9 Å². The molecule has 0 saturated heterocycles. The first-order valence-corrected chi connectivity index (χ1v) is 9.65. The van der Waals surface area contributed by atoms with Gasteiger partial charge in [-0.3, -0.25) is 4.79 Å². The van der Waals surface area contributed by atoms with Crippen LogP contribution in [-0.2, 0) is 9.53 Å². The highest BCUT2D eigenvalue weighted by molar-refractivity contribution is 5.94. The number of carbonyl (C=O) groups is 1. The highest BCUT2D eigenvalue weighted by Crippen LogP contribution is 2.24. The molecular formula is C21H21N7O3. The molecule has 10 heteroatoms. The number of amides is 1. The van der Waals surface area contributed by atoms with Gasteiger partial charge in [0.25, 0.3) is 5.91 Å². The minimum absolute atomic E-state index is 0.250.